The topological polar surface area (TPSA) is 65.4 Å². The average Bonchev–Trinajstić information content (AvgIpc) is 3.12. The van der Waals surface area contributed by atoms with Gasteiger partial charge in [-0.2, -0.15) is 5.10 Å². The zero-order valence-corrected chi connectivity index (χ0v) is 15.4. The number of halogens is 1. The summed E-state index contributed by atoms with van der Waals surface area (Å²) in [5.74, 6) is 0.311. The van der Waals surface area contributed by atoms with Crippen molar-refractivity contribution >= 4 is 23.2 Å². The van der Waals surface area contributed by atoms with Gasteiger partial charge in [-0.25, -0.2) is 0 Å². The highest BCUT2D eigenvalue weighted by Gasteiger charge is 2.24. The lowest BCUT2D eigenvalue weighted by molar-refractivity contribution is -0.00118. The summed E-state index contributed by atoms with van der Waals surface area (Å²) in [5, 5.41) is 7.98. The molecule has 1 amide bonds. The number of fused-ring (bicyclic) bond motifs is 1. The zero-order valence-electron chi connectivity index (χ0n) is 14.7. The van der Waals surface area contributed by atoms with E-state index in [2.05, 4.69) is 10.4 Å². The molecule has 0 fully saturated rings. The van der Waals surface area contributed by atoms with Crippen LogP contribution in [0.1, 0.15) is 27.8 Å². The van der Waals surface area contributed by atoms with Crippen LogP contribution in [-0.2, 0) is 17.9 Å². The van der Waals surface area contributed by atoms with E-state index in [1.165, 1.54) is 0 Å². The Morgan fingerprint density at radius 3 is 2.81 bits per heavy atom. The van der Waals surface area contributed by atoms with Crippen LogP contribution in [0, 0.1) is 0 Å². The Hall–Kier alpha value is -2.83. The van der Waals surface area contributed by atoms with E-state index in [9.17, 15) is 4.79 Å². The van der Waals surface area contributed by atoms with E-state index < -0.39 is 0 Å². The third kappa shape index (κ3) is 3.67. The van der Waals surface area contributed by atoms with Gasteiger partial charge in [0, 0.05) is 5.02 Å². The van der Waals surface area contributed by atoms with E-state index in [1.807, 2.05) is 41.1 Å². The molecule has 2 heterocycles. The Bertz CT molecular complexity index is 969. The molecule has 0 saturated carbocycles. The Labute approximate surface area is 161 Å². The summed E-state index contributed by atoms with van der Waals surface area (Å²) in [6.45, 7) is 0.932. The highest BCUT2D eigenvalue weighted by Crippen LogP contribution is 2.28. The summed E-state index contributed by atoms with van der Waals surface area (Å²) in [7, 11) is 1.56. The molecule has 1 aliphatic heterocycles. The van der Waals surface area contributed by atoms with Gasteiger partial charge in [0.05, 0.1) is 31.6 Å². The average molecular weight is 384 g/mol. The largest absolute Gasteiger partial charge is 0.495 e. The molecule has 0 radical (unpaired) electrons. The predicted molar refractivity (Wildman–Crippen MR) is 102 cm³/mol. The minimum Gasteiger partial charge on any atom is -0.495 e. The van der Waals surface area contributed by atoms with Gasteiger partial charge in [0.15, 0.2) is 5.69 Å². The third-order valence-corrected chi connectivity index (χ3v) is 4.72. The molecule has 3 aromatic rings. The second-order valence-corrected chi connectivity index (χ2v) is 6.65. The van der Waals surface area contributed by atoms with E-state index in [0.717, 1.165) is 11.3 Å². The number of hydrogen-bond donors (Lipinski definition) is 1. The van der Waals surface area contributed by atoms with Crippen LogP contribution in [0.3, 0.4) is 0 Å². The molecule has 6 nitrogen and oxygen atoms in total. The van der Waals surface area contributed by atoms with Crippen LogP contribution in [0.5, 0.6) is 5.75 Å². The number of rotatable bonds is 4. The summed E-state index contributed by atoms with van der Waals surface area (Å²) in [5.41, 5.74) is 2.84. The molecule has 0 aliphatic carbocycles. The molecule has 7 heteroatoms. The maximum Gasteiger partial charge on any atom is 0.276 e. The molecular formula is C20H18ClN3O3. The first kappa shape index (κ1) is 17.6. The van der Waals surface area contributed by atoms with Crippen molar-refractivity contribution in [3.05, 3.63) is 76.6 Å². The van der Waals surface area contributed by atoms with Gasteiger partial charge >= 0.3 is 0 Å². The van der Waals surface area contributed by atoms with Gasteiger partial charge in [-0.15, -0.1) is 0 Å². The maximum absolute atomic E-state index is 12.6. The van der Waals surface area contributed by atoms with Crippen LogP contribution in [0.2, 0.25) is 5.02 Å². The summed E-state index contributed by atoms with van der Waals surface area (Å²) in [6, 6.07) is 16.6. The molecule has 1 aromatic heterocycles. The second-order valence-electron chi connectivity index (χ2n) is 6.21. The van der Waals surface area contributed by atoms with Crippen molar-refractivity contribution in [2.75, 3.05) is 12.4 Å². The first-order valence-corrected chi connectivity index (χ1v) is 8.90. The number of benzene rings is 2. The number of para-hydroxylation sites is 2. The molecule has 0 saturated heterocycles. The van der Waals surface area contributed by atoms with Crippen LogP contribution in [0.15, 0.2) is 54.6 Å². The van der Waals surface area contributed by atoms with Gasteiger partial charge in [-0.05, 0) is 35.9 Å². The molecule has 1 atom stereocenters. The molecule has 0 unspecified atom stereocenters. The highest BCUT2D eigenvalue weighted by atomic mass is 35.5. The van der Waals surface area contributed by atoms with Crippen molar-refractivity contribution in [3.8, 4) is 5.75 Å². The fourth-order valence-corrected chi connectivity index (χ4v) is 3.18. The molecular weight excluding hydrogens is 366 g/mol. The SMILES string of the molecule is COc1ccccc1NC(=O)c1cc2n(n1)C[C@H](c1ccc(Cl)cc1)OC2. The number of hydrogen-bond acceptors (Lipinski definition) is 4. The van der Waals surface area contributed by atoms with Crippen molar-refractivity contribution in [2.45, 2.75) is 19.3 Å². The number of carbonyl (C=O) groups is 1. The minimum atomic E-state index is -0.288. The number of aromatic nitrogens is 2. The van der Waals surface area contributed by atoms with Crippen LogP contribution in [0.25, 0.3) is 0 Å². The quantitative estimate of drug-likeness (QED) is 0.737. The molecule has 2 aromatic carbocycles. The van der Waals surface area contributed by atoms with E-state index in [0.29, 0.717) is 35.3 Å². The minimum absolute atomic E-state index is 0.125. The normalized spacial score (nSPS) is 15.9. The van der Waals surface area contributed by atoms with Crippen molar-refractivity contribution in [3.63, 3.8) is 0 Å². The number of carbonyl (C=O) groups excluding carboxylic acids is 1. The van der Waals surface area contributed by atoms with Crippen LogP contribution >= 0.6 is 11.6 Å². The lowest BCUT2D eigenvalue weighted by Gasteiger charge is -2.24. The third-order valence-electron chi connectivity index (χ3n) is 4.46. The van der Waals surface area contributed by atoms with E-state index in [1.54, 1.807) is 25.3 Å². The molecule has 138 valence electrons. The van der Waals surface area contributed by atoms with Crippen molar-refractivity contribution in [1.82, 2.24) is 9.78 Å². The summed E-state index contributed by atoms with van der Waals surface area (Å²) < 4.78 is 13.0. The molecule has 0 spiro atoms. The second kappa shape index (κ2) is 7.42. The summed E-state index contributed by atoms with van der Waals surface area (Å²) in [6.07, 6.45) is -0.125. The standard InChI is InChI=1S/C20H18ClN3O3/c1-26-18-5-3-2-4-16(18)22-20(25)17-10-15-12-27-19(11-24(15)23-17)13-6-8-14(21)9-7-13/h2-10,19H,11-12H2,1H3,(H,22,25)/t19-/m1/s1. The fourth-order valence-electron chi connectivity index (χ4n) is 3.05. The first-order valence-electron chi connectivity index (χ1n) is 8.52. The summed E-state index contributed by atoms with van der Waals surface area (Å²) >= 11 is 5.95. The fraction of sp³-hybridized carbons (Fsp3) is 0.200. The Morgan fingerprint density at radius 2 is 2.04 bits per heavy atom. The summed E-state index contributed by atoms with van der Waals surface area (Å²) in [4.78, 5) is 12.6. The van der Waals surface area contributed by atoms with Crippen molar-refractivity contribution in [1.29, 1.82) is 0 Å². The lowest BCUT2D eigenvalue weighted by atomic mass is 10.1. The van der Waals surface area contributed by atoms with Crippen molar-refractivity contribution < 1.29 is 14.3 Å². The molecule has 1 aliphatic rings. The predicted octanol–water partition coefficient (Wildman–Crippen LogP) is 4.07. The molecule has 0 bridgehead atoms. The smallest absolute Gasteiger partial charge is 0.276 e. The molecule has 1 N–H and O–H groups in total. The van der Waals surface area contributed by atoms with Gasteiger partial charge in [0.1, 0.15) is 11.9 Å². The van der Waals surface area contributed by atoms with Crippen LogP contribution < -0.4 is 10.1 Å². The van der Waals surface area contributed by atoms with E-state index >= 15 is 0 Å². The van der Waals surface area contributed by atoms with E-state index in [-0.39, 0.29) is 12.0 Å². The molecule has 4 rings (SSSR count). The molecule has 27 heavy (non-hydrogen) atoms. The van der Waals surface area contributed by atoms with Gasteiger partial charge in [0.25, 0.3) is 5.91 Å². The van der Waals surface area contributed by atoms with Crippen LogP contribution in [-0.4, -0.2) is 22.8 Å². The maximum atomic E-state index is 12.6. The lowest BCUT2D eigenvalue weighted by Crippen LogP contribution is -2.22. The number of nitrogens with one attached hydrogen (secondary N) is 1. The Balaban J connectivity index is 1.51. The van der Waals surface area contributed by atoms with Crippen molar-refractivity contribution in [2.24, 2.45) is 0 Å². The number of amides is 1. The number of nitrogens with zero attached hydrogens (tertiary/aromatic N) is 2. The van der Waals surface area contributed by atoms with Gasteiger partial charge < -0.3 is 14.8 Å². The Kier molecular flexibility index (Phi) is 4.83. The number of ether oxygens (including phenoxy) is 2. The zero-order chi connectivity index (χ0) is 18.8. The van der Waals surface area contributed by atoms with Crippen LogP contribution in [0.4, 0.5) is 5.69 Å². The van der Waals surface area contributed by atoms with Gasteiger partial charge in [-0.1, -0.05) is 35.9 Å². The first-order chi connectivity index (χ1) is 13.1. The Morgan fingerprint density at radius 1 is 1.26 bits per heavy atom. The van der Waals surface area contributed by atoms with Gasteiger partial charge in [-0.3, -0.25) is 9.48 Å². The monoisotopic (exact) mass is 383 g/mol. The number of anilines is 1. The van der Waals surface area contributed by atoms with Gasteiger partial charge in [0.2, 0.25) is 0 Å². The van der Waals surface area contributed by atoms with E-state index in [4.69, 9.17) is 21.1 Å². The number of methoxy groups -OCH3 is 1. The highest BCUT2D eigenvalue weighted by molar-refractivity contribution is 6.30.